The summed E-state index contributed by atoms with van der Waals surface area (Å²) >= 11 is 0. The van der Waals surface area contributed by atoms with Crippen LogP contribution in [0.3, 0.4) is 0 Å². The summed E-state index contributed by atoms with van der Waals surface area (Å²) in [5.41, 5.74) is -0.853. The van der Waals surface area contributed by atoms with Crippen LogP contribution in [-0.4, -0.2) is 62.4 Å². The maximum absolute atomic E-state index is 13.1. The summed E-state index contributed by atoms with van der Waals surface area (Å²) in [6.45, 7) is 5.07. The van der Waals surface area contributed by atoms with Gasteiger partial charge in [-0.25, -0.2) is 4.57 Å². The number of likely N-dealkylation sites (N-methyl/N-ethyl adjacent to an activating group) is 1. The van der Waals surface area contributed by atoms with Crippen molar-refractivity contribution in [1.82, 2.24) is 0 Å². The minimum absolute atomic E-state index is 0.120. The number of quaternary nitrogens is 1. The van der Waals surface area contributed by atoms with Crippen LogP contribution in [0, 0.1) is 5.41 Å². The molecule has 0 bridgehead atoms. The summed E-state index contributed by atoms with van der Waals surface area (Å²) in [7, 11) is 1.72. The van der Waals surface area contributed by atoms with Gasteiger partial charge in [0.15, 0.2) is 0 Å². The van der Waals surface area contributed by atoms with Crippen LogP contribution in [0.4, 0.5) is 0 Å². The van der Waals surface area contributed by atoms with Gasteiger partial charge in [-0.1, -0.05) is 103 Å². The molecule has 1 unspecified atom stereocenters. The Morgan fingerprint density at radius 1 is 0.868 bits per heavy atom. The summed E-state index contributed by atoms with van der Waals surface area (Å²) in [6.07, 6.45) is 21.3. The lowest BCUT2D eigenvalue weighted by molar-refractivity contribution is -0.870. The second-order valence-electron chi connectivity index (χ2n) is 12.4. The van der Waals surface area contributed by atoms with E-state index >= 15 is 0 Å². The third kappa shape index (κ3) is 15.4. The molecule has 0 aliphatic heterocycles. The zero-order chi connectivity index (χ0) is 28.3. The van der Waals surface area contributed by atoms with E-state index in [9.17, 15) is 14.3 Å². The molecule has 1 rings (SSSR count). The van der Waals surface area contributed by atoms with E-state index in [0.717, 1.165) is 25.7 Å². The molecule has 38 heavy (non-hydrogen) atoms. The smallest absolute Gasteiger partial charge is 0.465 e. The molecule has 0 saturated heterocycles. The Hall–Kier alpha value is -0.460. The number of esters is 1. The molecule has 0 aromatic rings. The fourth-order valence-corrected chi connectivity index (χ4v) is 6.53. The first kappa shape index (κ1) is 35.6. The standard InChI is InChI=1S/C30H60NO6P/c1-6-8-9-10-11-12-13-14-15-16-17-18-19-20-21-24-30(29(32)35-7-2)25-22-23-28(30)37-38(33,34)36-27-26-31(3,4)5/h28H,6-27H2,1-5H3/p+1/t28-,30-/m1/s1. The van der Waals surface area contributed by atoms with Crippen molar-refractivity contribution in [3.8, 4) is 0 Å². The fraction of sp³-hybridized carbons (Fsp3) is 0.967. The third-order valence-corrected chi connectivity index (χ3v) is 8.92. The first-order valence-corrected chi connectivity index (χ1v) is 17.2. The lowest BCUT2D eigenvalue weighted by Gasteiger charge is -2.33. The van der Waals surface area contributed by atoms with Gasteiger partial charge in [0, 0.05) is 0 Å². The Balaban J connectivity index is 2.36. The zero-order valence-corrected chi connectivity index (χ0v) is 26.4. The highest BCUT2D eigenvalue weighted by molar-refractivity contribution is 7.47. The number of phosphoric acid groups is 1. The average Bonchev–Trinajstić information content (AvgIpc) is 3.23. The SMILES string of the molecule is CCCCCCCCCCCCCCCCC[C@@]1(C(=O)OCC)CCC[C@H]1OP(=O)(O)OCC[N+](C)(C)C. The highest BCUT2D eigenvalue weighted by Gasteiger charge is 2.52. The van der Waals surface area contributed by atoms with Crippen molar-refractivity contribution < 1.29 is 32.5 Å². The number of ether oxygens (including phenoxy) is 1. The number of phosphoric ester groups is 1. The molecule has 0 radical (unpaired) electrons. The van der Waals surface area contributed by atoms with E-state index in [1.54, 1.807) is 6.92 Å². The lowest BCUT2D eigenvalue weighted by atomic mass is 9.79. The molecule has 1 N–H and O–H groups in total. The Morgan fingerprint density at radius 2 is 1.37 bits per heavy atom. The normalized spacial score (nSPS) is 21.5. The van der Waals surface area contributed by atoms with Gasteiger partial charge in [-0.3, -0.25) is 13.8 Å². The van der Waals surface area contributed by atoms with Crippen LogP contribution >= 0.6 is 7.82 Å². The topological polar surface area (TPSA) is 82.1 Å². The van der Waals surface area contributed by atoms with Gasteiger partial charge in [0.05, 0.1) is 39.3 Å². The molecule has 0 aromatic carbocycles. The fourth-order valence-electron chi connectivity index (χ4n) is 5.52. The van der Waals surface area contributed by atoms with Crippen molar-refractivity contribution >= 4 is 13.8 Å². The van der Waals surface area contributed by atoms with Crippen molar-refractivity contribution in [3.05, 3.63) is 0 Å². The average molecular weight is 563 g/mol. The van der Waals surface area contributed by atoms with Crippen LogP contribution in [0.15, 0.2) is 0 Å². The number of hydrogen-bond acceptors (Lipinski definition) is 5. The van der Waals surface area contributed by atoms with E-state index in [1.165, 1.54) is 77.0 Å². The van der Waals surface area contributed by atoms with Gasteiger partial charge >= 0.3 is 13.8 Å². The Kier molecular flexibility index (Phi) is 18.3. The summed E-state index contributed by atoms with van der Waals surface area (Å²) in [4.78, 5) is 23.4. The highest BCUT2D eigenvalue weighted by atomic mass is 31.2. The molecule has 8 heteroatoms. The highest BCUT2D eigenvalue weighted by Crippen LogP contribution is 2.54. The monoisotopic (exact) mass is 562 g/mol. The Labute approximate surface area is 234 Å². The molecule has 0 amide bonds. The summed E-state index contributed by atoms with van der Waals surface area (Å²) < 4.78 is 29.7. The molecular weight excluding hydrogens is 501 g/mol. The maximum Gasteiger partial charge on any atom is 0.472 e. The van der Waals surface area contributed by atoms with Crippen molar-refractivity contribution in [1.29, 1.82) is 0 Å². The van der Waals surface area contributed by atoms with Gasteiger partial charge in [-0.15, -0.1) is 0 Å². The number of carbonyl (C=O) groups is 1. The molecule has 1 aliphatic rings. The van der Waals surface area contributed by atoms with Crippen LogP contribution < -0.4 is 0 Å². The van der Waals surface area contributed by atoms with E-state index < -0.39 is 19.3 Å². The minimum Gasteiger partial charge on any atom is -0.465 e. The Morgan fingerprint density at radius 3 is 1.84 bits per heavy atom. The molecule has 0 aromatic heterocycles. The quantitative estimate of drug-likeness (QED) is 0.0553. The van der Waals surface area contributed by atoms with E-state index in [2.05, 4.69) is 6.92 Å². The van der Waals surface area contributed by atoms with Gasteiger partial charge in [-0.05, 0) is 32.6 Å². The van der Waals surface area contributed by atoms with Gasteiger partial charge in [0.2, 0.25) is 0 Å². The first-order valence-electron chi connectivity index (χ1n) is 15.7. The number of nitrogens with zero attached hydrogens (tertiary/aromatic N) is 1. The van der Waals surface area contributed by atoms with Crippen molar-refractivity contribution in [2.45, 2.75) is 142 Å². The van der Waals surface area contributed by atoms with E-state index in [4.69, 9.17) is 13.8 Å². The second-order valence-corrected chi connectivity index (χ2v) is 13.8. The number of rotatable bonds is 24. The van der Waals surface area contributed by atoms with Crippen LogP contribution in [0.1, 0.15) is 136 Å². The van der Waals surface area contributed by atoms with Crippen molar-refractivity contribution in [2.24, 2.45) is 5.41 Å². The molecule has 1 fully saturated rings. The molecule has 226 valence electrons. The van der Waals surface area contributed by atoms with Gasteiger partial charge < -0.3 is 14.1 Å². The van der Waals surface area contributed by atoms with E-state index in [-0.39, 0.29) is 12.6 Å². The van der Waals surface area contributed by atoms with Gasteiger partial charge in [0.25, 0.3) is 0 Å². The predicted octanol–water partition coefficient (Wildman–Crippen LogP) is 8.19. The predicted molar refractivity (Wildman–Crippen MR) is 156 cm³/mol. The zero-order valence-electron chi connectivity index (χ0n) is 25.5. The van der Waals surface area contributed by atoms with Crippen LogP contribution in [0.2, 0.25) is 0 Å². The number of hydrogen-bond donors (Lipinski definition) is 1. The number of carbonyl (C=O) groups excluding carboxylic acids is 1. The van der Waals surface area contributed by atoms with Crippen molar-refractivity contribution in [3.63, 3.8) is 0 Å². The largest absolute Gasteiger partial charge is 0.472 e. The second kappa shape index (κ2) is 19.6. The molecule has 0 spiro atoms. The van der Waals surface area contributed by atoms with Crippen LogP contribution in [0.25, 0.3) is 0 Å². The molecule has 7 nitrogen and oxygen atoms in total. The van der Waals surface area contributed by atoms with E-state index in [0.29, 0.717) is 36.9 Å². The number of unbranched alkanes of at least 4 members (excludes halogenated alkanes) is 14. The summed E-state index contributed by atoms with van der Waals surface area (Å²) in [5.74, 6) is -0.292. The first-order chi connectivity index (χ1) is 18.1. The molecule has 1 saturated carbocycles. The van der Waals surface area contributed by atoms with Gasteiger partial charge in [0.1, 0.15) is 13.2 Å². The van der Waals surface area contributed by atoms with Crippen LogP contribution in [0.5, 0.6) is 0 Å². The van der Waals surface area contributed by atoms with Crippen LogP contribution in [-0.2, 0) is 23.1 Å². The van der Waals surface area contributed by atoms with Gasteiger partial charge in [-0.2, -0.15) is 0 Å². The minimum atomic E-state index is -4.26. The molecule has 0 heterocycles. The third-order valence-electron chi connectivity index (χ3n) is 7.89. The lowest BCUT2D eigenvalue weighted by Crippen LogP contribution is -2.41. The maximum atomic E-state index is 13.1. The Bertz CT molecular complexity index is 668. The molecular formula is C30H61NO6P+. The summed E-state index contributed by atoms with van der Waals surface area (Å²) in [6, 6.07) is 0. The van der Waals surface area contributed by atoms with E-state index in [1.807, 2.05) is 21.1 Å². The molecule has 3 atom stereocenters. The molecule has 1 aliphatic carbocycles. The summed E-state index contributed by atoms with van der Waals surface area (Å²) in [5, 5.41) is 0. The van der Waals surface area contributed by atoms with Crippen molar-refractivity contribution in [2.75, 3.05) is 40.9 Å².